The lowest BCUT2D eigenvalue weighted by molar-refractivity contribution is 0.0602. The number of anilines is 2. The van der Waals surface area contributed by atoms with Crippen molar-refractivity contribution in [2.45, 2.75) is 0 Å². The molecule has 1 aliphatic heterocycles. The van der Waals surface area contributed by atoms with Gasteiger partial charge in [0.15, 0.2) is 0 Å². The first-order valence-electron chi connectivity index (χ1n) is 6.66. The van der Waals surface area contributed by atoms with Crippen LogP contribution in [0.25, 0.3) is 22.0 Å². The zero-order valence-corrected chi connectivity index (χ0v) is 11.4. The second kappa shape index (κ2) is 4.31. The van der Waals surface area contributed by atoms with Gasteiger partial charge in [-0.05, 0) is 12.1 Å². The number of pyridine rings is 1. The van der Waals surface area contributed by atoms with Crippen molar-refractivity contribution in [3.05, 3.63) is 54.2 Å². The molecule has 0 fully saturated rings. The lowest BCUT2D eigenvalue weighted by Gasteiger charge is -2.22. The zero-order valence-electron chi connectivity index (χ0n) is 11.4. The summed E-state index contributed by atoms with van der Waals surface area (Å²) in [6.45, 7) is 0. The highest BCUT2D eigenvalue weighted by Gasteiger charge is 2.22. The van der Waals surface area contributed by atoms with Crippen molar-refractivity contribution in [1.82, 2.24) is 4.98 Å². The number of benzene rings is 2. The number of aromatic nitrogens is 1. The minimum absolute atomic E-state index is 0.370. The van der Waals surface area contributed by atoms with Crippen LogP contribution in [0, 0.1) is 0 Å². The predicted molar refractivity (Wildman–Crippen MR) is 81.8 cm³/mol. The summed E-state index contributed by atoms with van der Waals surface area (Å²) in [5, 5.41) is 5.21. The van der Waals surface area contributed by atoms with E-state index < -0.39 is 0 Å². The predicted octanol–water partition coefficient (Wildman–Crippen LogP) is 3.75. The Morgan fingerprint density at radius 2 is 1.90 bits per heavy atom. The largest absolute Gasteiger partial charge is 0.465 e. The highest BCUT2D eigenvalue weighted by molar-refractivity contribution is 6.15. The van der Waals surface area contributed by atoms with Crippen LogP contribution in [0.15, 0.2) is 48.7 Å². The Kier molecular flexibility index (Phi) is 2.44. The van der Waals surface area contributed by atoms with Gasteiger partial charge in [-0.3, -0.25) is 4.98 Å². The van der Waals surface area contributed by atoms with Crippen LogP contribution in [-0.4, -0.2) is 18.1 Å². The third-order valence-electron chi connectivity index (χ3n) is 3.77. The summed E-state index contributed by atoms with van der Waals surface area (Å²) in [7, 11) is 1.38. The average molecular weight is 276 g/mol. The van der Waals surface area contributed by atoms with Gasteiger partial charge in [0.2, 0.25) is 0 Å². The molecular weight excluding hydrogens is 264 g/mol. The first-order valence-corrected chi connectivity index (χ1v) is 6.66. The number of carbonyl (C=O) groups is 1. The van der Waals surface area contributed by atoms with Gasteiger partial charge in [-0.1, -0.05) is 30.3 Å². The molecule has 0 radical (unpaired) electrons. The van der Waals surface area contributed by atoms with Gasteiger partial charge in [-0.2, -0.15) is 0 Å². The van der Waals surface area contributed by atoms with Crippen LogP contribution in [0.3, 0.4) is 0 Å². The number of hydrogen-bond donors (Lipinski definition) is 1. The zero-order chi connectivity index (χ0) is 14.4. The van der Waals surface area contributed by atoms with E-state index in [9.17, 15) is 4.79 Å². The van der Waals surface area contributed by atoms with E-state index in [1.807, 2.05) is 42.5 Å². The van der Waals surface area contributed by atoms with Crippen LogP contribution in [-0.2, 0) is 4.74 Å². The molecule has 21 heavy (non-hydrogen) atoms. The average Bonchev–Trinajstić information content (AvgIpc) is 2.54. The summed E-state index contributed by atoms with van der Waals surface area (Å²) in [6, 6.07) is 13.9. The van der Waals surface area contributed by atoms with Crippen LogP contribution in [0.5, 0.6) is 0 Å². The number of methoxy groups -OCH3 is 1. The molecule has 3 aromatic rings. The number of rotatable bonds is 1. The second-order valence-corrected chi connectivity index (χ2v) is 4.91. The van der Waals surface area contributed by atoms with Crippen LogP contribution >= 0.6 is 0 Å². The Labute approximate surface area is 121 Å². The number of para-hydroxylation sites is 1. The quantitative estimate of drug-likeness (QED) is 0.538. The smallest absolute Gasteiger partial charge is 0.340 e. The molecular formula is C17H12N2O2. The van der Waals surface area contributed by atoms with Crippen LogP contribution in [0.4, 0.5) is 11.4 Å². The number of carbonyl (C=O) groups excluding carboxylic acids is 1. The lowest BCUT2D eigenvalue weighted by Crippen LogP contribution is -2.07. The number of fused-ring (bicyclic) bond motifs is 2. The van der Waals surface area contributed by atoms with Gasteiger partial charge >= 0.3 is 5.97 Å². The highest BCUT2D eigenvalue weighted by atomic mass is 16.5. The summed E-state index contributed by atoms with van der Waals surface area (Å²) in [4.78, 5) is 16.4. The van der Waals surface area contributed by atoms with Gasteiger partial charge in [0.05, 0.1) is 18.4 Å². The van der Waals surface area contributed by atoms with Crippen molar-refractivity contribution in [2.75, 3.05) is 12.4 Å². The summed E-state index contributed by atoms with van der Waals surface area (Å²) in [5.74, 6) is -0.370. The fourth-order valence-corrected chi connectivity index (χ4v) is 2.82. The second-order valence-electron chi connectivity index (χ2n) is 4.91. The molecule has 102 valence electrons. The topological polar surface area (TPSA) is 51.2 Å². The molecule has 0 spiro atoms. The molecule has 0 bridgehead atoms. The van der Waals surface area contributed by atoms with E-state index in [1.54, 1.807) is 6.20 Å². The Balaban J connectivity index is 2.11. The first-order chi connectivity index (χ1) is 10.3. The van der Waals surface area contributed by atoms with Crippen molar-refractivity contribution in [2.24, 2.45) is 0 Å². The Morgan fingerprint density at radius 1 is 1.10 bits per heavy atom. The standard InChI is InChI=1S/C17H12N2O2/c1-21-17(20)12-9-18-16-11-5-2-3-7-13(11)19-14-8-4-6-10(12)15(14)16/h2-9,19H,1H3. The number of esters is 1. The van der Waals surface area contributed by atoms with Crippen molar-refractivity contribution in [1.29, 1.82) is 0 Å². The van der Waals surface area contributed by atoms with Crippen molar-refractivity contribution >= 4 is 28.1 Å². The molecule has 0 aliphatic carbocycles. The molecule has 1 aliphatic rings. The molecule has 1 N–H and O–H groups in total. The van der Waals surface area contributed by atoms with Gasteiger partial charge in [-0.25, -0.2) is 4.79 Å². The van der Waals surface area contributed by atoms with Crippen molar-refractivity contribution in [3.63, 3.8) is 0 Å². The fraction of sp³-hybridized carbons (Fsp3) is 0.0588. The molecule has 0 saturated heterocycles. The summed E-state index contributed by atoms with van der Waals surface area (Å²) >= 11 is 0. The molecule has 0 atom stereocenters. The minimum atomic E-state index is -0.370. The third kappa shape index (κ3) is 1.62. The number of nitrogens with one attached hydrogen (secondary N) is 1. The van der Waals surface area contributed by atoms with Gasteiger partial charge in [-0.15, -0.1) is 0 Å². The van der Waals surface area contributed by atoms with Gasteiger partial charge in [0, 0.05) is 33.9 Å². The summed E-state index contributed by atoms with van der Waals surface area (Å²) < 4.78 is 4.85. The van der Waals surface area contributed by atoms with E-state index >= 15 is 0 Å². The molecule has 4 nitrogen and oxygen atoms in total. The highest BCUT2D eigenvalue weighted by Crippen LogP contribution is 2.42. The van der Waals surface area contributed by atoms with Crippen LogP contribution in [0.2, 0.25) is 0 Å². The van der Waals surface area contributed by atoms with E-state index in [0.717, 1.165) is 33.4 Å². The lowest BCUT2D eigenvalue weighted by atomic mass is 9.95. The SMILES string of the molecule is COC(=O)c1cnc2c3c(cccc13)Nc1ccccc1-2. The summed E-state index contributed by atoms with van der Waals surface area (Å²) in [5.41, 5.74) is 4.40. The van der Waals surface area contributed by atoms with E-state index in [4.69, 9.17) is 4.74 Å². The van der Waals surface area contributed by atoms with Crippen molar-refractivity contribution in [3.8, 4) is 11.3 Å². The Hall–Kier alpha value is -2.88. The van der Waals surface area contributed by atoms with E-state index in [2.05, 4.69) is 10.3 Å². The van der Waals surface area contributed by atoms with Crippen molar-refractivity contribution < 1.29 is 9.53 Å². The van der Waals surface area contributed by atoms with E-state index in [-0.39, 0.29) is 5.97 Å². The molecule has 0 saturated carbocycles. The van der Waals surface area contributed by atoms with E-state index in [0.29, 0.717) is 5.56 Å². The summed E-state index contributed by atoms with van der Waals surface area (Å²) in [6.07, 6.45) is 1.59. The fourth-order valence-electron chi connectivity index (χ4n) is 2.82. The van der Waals surface area contributed by atoms with E-state index in [1.165, 1.54) is 7.11 Å². The normalized spacial score (nSPS) is 11.7. The number of hydrogen-bond acceptors (Lipinski definition) is 4. The molecule has 4 heteroatoms. The minimum Gasteiger partial charge on any atom is -0.465 e. The molecule has 1 aromatic heterocycles. The molecule has 0 unspecified atom stereocenters. The third-order valence-corrected chi connectivity index (χ3v) is 3.77. The molecule has 0 amide bonds. The number of ether oxygens (including phenoxy) is 1. The monoisotopic (exact) mass is 276 g/mol. The molecule has 2 aromatic carbocycles. The maximum atomic E-state index is 11.9. The number of nitrogens with zero attached hydrogens (tertiary/aromatic N) is 1. The Bertz CT molecular complexity index is 887. The van der Waals surface area contributed by atoms with Gasteiger partial charge in [0.1, 0.15) is 0 Å². The Morgan fingerprint density at radius 3 is 2.76 bits per heavy atom. The maximum Gasteiger partial charge on any atom is 0.340 e. The van der Waals surface area contributed by atoms with Crippen LogP contribution in [0.1, 0.15) is 10.4 Å². The van der Waals surface area contributed by atoms with Crippen LogP contribution < -0.4 is 5.32 Å². The first kappa shape index (κ1) is 11.9. The molecule has 2 heterocycles. The maximum absolute atomic E-state index is 11.9. The van der Waals surface area contributed by atoms with Gasteiger partial charge < -0.3 is 10.1 Å². The molecule has 4 rings (SSSR count). The van der Waals surface area contributed by atoms with Gasteiger partial charge in [0.25, 0.3) is 0 Å².